The Kier molecular flexibility index (Phi) is 3.15. The smallest absolute Gasteiger partial charge is 0.191 e. The van der Waals surface area contributed by atoms with Gasteiger partial charge < -0.3 is 9.47 Å². The van der Waals surface area contributed by atoms with Crippen molar-refractivity contribution in [2.24, 2.45) is 0 Å². The summed E-state index contributed by atoms with van der Waals surface area (Å²) in [5.41, 5.74) is 0.556. The van der Waals surface area contributed by atoms with Crippen molar-refractivity contribution in [1.82, 2.24) is 0 Å². The van der Waals surface area contributed by atoms with E-state index in [2.05, 4.69) is 4.85 Å². The first-order valence-corrected chi connectivity index (χ1v) is 4.00. The van der Waals surface area contributed by atoms with Gasteiger partial charge in [0.05, 0.1) is 20.3 Å². The van der Waals surface area contributed by atoms with E-state index in [1.165, 1.54) is 0 Å². The summed E-state index contributed by atoms with van der Waals surface area (Å²) < 4.78 is 10.4. The number of rotatable bonds is 3. The average Bonchev–Trinajstić information content (AvgIpc) is 2.19. The summed E-state index contributed by atoms with van der Waals surface area (Å²) in [6.07, 6.45) is 0. The first kappa shape index (κ1) is 9.40. The Morgan fingerprint density at radius 1 is 1.38 bits per heavy atom. The first-order valence-electron chi connectivity index (χ1n) is 4.00. The van der Waals surface area contributed by atoms with E-state index in [-0.39, 0.29) is 0 Å². The molecule has 3 heteroatoms. The molecule has 0 heterocycles. The van der Waals surface area contributed by atoms with Gasteiger partial charge in [0.1, 0.15) is 5.75 Å². The summed E-state index contributed by atoms with van der Waals surface area (Å²) in [6.45, 7) is 9.31. The zero-order valence-electron chi connectivity index (χ0n) is 7.70. The van der Waals surface area contributed by atoms with Crippen molar-refractivity contribution >= 4 is 5.69 Å². The van der Waals surface area contributed by atoms with Crippen LogP contribution in [0.3, 0.4) is 0 Å². The largest absolute Gasteiger partial charge is 0.494 e. The number of nitrogens with zero attached hydrogens (tertiary/aromatic N) is 1. The summed E-state index contributed by atoms with van der Waals surface area (Å²) >= 11 is 0. The minimum absolute atomic E-state index is 0.556. The van der Waals surface area contributed by atoms with Crippen LogP contribution in [0.5, 0.6) is 11.5 Å². The highest BCUT2D eigenvalue weighted by Gasteiger charge is 2.03. The molecule has 0 aromatic heterocycles. The highest BCUT2D eigenvalue weighted by molar-refractivity contribution is 5.55. The Balaban J connectivity index is 3.02. The molecule has 0 atom stereocenters. The maximum absolute atomic E-state index is 6.82. The van der Waals surface area contributed by atoms with Crippen LogP contribution in [-0.4, -0.2) is 13.7 Å². The Morgan fingerprint density at radius 3 is 2.69 bits per heavy atom. The lowest BCUT2D eigenvalue weighted by molar-refractivity contribution is 0.311. The molecule has 0 fully saturated rings. The number of hydrogen-bond acceptors (Lipinski definition) is 2. The predicted octanol–water partition coefficient (Wildman–Crippen LogP) is 2.64. The van der Waals surface area contributed by atoms with Crippen LogP contribution in [0.25, 0.3) is 4.85 Å². The second kappa shape index (κ2) is 4.36. The van der Waals surface area contributed by atoms with Gasteiger partial charge in [0.2, 0.25) is 0 Å². The lowest BCUT2D eigenvalue weighted by Gasteiger charge is -2.08. The van der Waals surface area contributed by atoms with Gasteiger partial charge in [0, 0.05) is 0 Å². The molecule has 1 aromatic carbocycles. The fourth-order valence-corrected chi connectivity index (χ4v) is 1.00. The van der Waals surface area contributed by atoms with Gasteiger partial charge in [-0.15, -0.1) is 0 Å². The molecule has 13 heavy (non-hydrogen) atoms. The lowest BCUT2D eigenvalue weighted by atomic mass is 10.3. The maximum Gasteiger partial charge on any atom is 0.191 e. The van der Waals surface area contributed by atoms with Crippen LogP contribution in [0.15, 0.2) is 18.2 Å². The molecule has 0 saturated carbocycles. The summed E-state index contributed by atoms with van der Waals surface area (Å²) in [5.74, 6) is 1.28. The zero-order chi connectivity index (χ0) is 9.68. The molecule has 0 N–H and O–H groups in total. The monoisotopic (exact) mass is 177 g/mol. The van der Waals surface area contributed by atoms with Gasteiger partial charge in [-0.05, 0) is 19.1 Å². The van der Waals surface area contributed by atoms with Crippen molar-refractivity contribution in [3.05, 3.63) is 29.6 Å². The number of methoxy groups -OCH3 is 1. The van der Waals surface area contributed by atoms with E-state index in [0.717, 1.165) is 0 Å². The van der Waals surface area contributed by atoms with Gasteiger partial charge in [-0.3, -0.25) is 0 Å². The first-order chi connectivity index (χ1) is 6.31. The van der Waals surface area contributed by atoms with E-state index >= 15 is 0 Å². The fraction of sp³-hybridized carbons (Fsp3) is 0.300. The van der Waals surface area contributed by atoms with Crippen LogP contribution >= 0.6 is 0 Å². The Morgan fingerprint density at radius 2 is 2.15 bits per heavy atom. The van der Waals surface area contributed by atoms with Gasteiger partial charge in [-0.2, -0.15) is 0 Å². The molecule has 3 nitrogen and oxygen atoms in total. The molecule has 0 unspecified atom stereocenters. The summed E-state index contributed by atoms with van der Waals surface area (Å²) in [5, 5.41) is 0. The Hall–Kier alpha value is -1.69. The predicted molar refractivity (Wildman–Crippen MR) is 50.4 cm³/mol. The highest BCUT2D eigenvalue weighted by Crippen LogP contribution is 2.31. The molecule has 68 valence electrons. The van der Waals surface area contributed by atoms with Gasteiger partial charge in [0.15, 0.2) is 11.4 Å². The average molecular weight is 177 g/mol. The number of ether oxygens (including phenoxy) is 2. The van der Waals surface area contributed by atoms with Gasteiger partial charge in [-0.25, -0.2) is 4.85 Å². The van der Waals surface area contributed by atoms with E-state index in [9.17, 15) is 0 Å². The topological polar surface area (TPSA) is 22.8 Å². The molecule has 0 bridgehead atoms. The van der Waals surface area contributed by atoms with E-state index in [4.69, 9.17) is 16.0 Å². The normalized spacial score (nSPS) is 9.00. The van der Waals surface area contributed by atoms with Crippen molar-refractivity contribution in [2.45, 2.75) is 6.92 Å². The number of benzene rings is 1. The molecule has 1 rings (SSSR count). The Labute approximate surface area is 77.7 Å². The summed E-state index contributed by atoms with van der Waals surface area (Å²) in [7, 11) is 1.56. The van der Waals surface area contributed by atoms with Gasteiger partial charge in [-0.1, -0.05) is 6.07 Å². The molecule has 1 aromatic rings. The van der Waals surface area contributed by atoms with Crippen molar-refractivity contribution in [3.8, 4) is 11.5 Å². The third-order valence-corrected chi connectivity index (χ3v) is 1.58. The fourth-order valence-electron chi connectivity index (χ4n) is 1.00. The van der Waals surface area contributed by atoms with Crippen LogP contribution in [0.1, 0.15) is 6.92 Å². The van der Waals surface area contributed by atoms with Gasteiger partial charge in [0.25, 0.3) is 0 Å². The Bertz CT molecular complexity index is 328. The standard InChI is InChI=1S/C10H11NO2/c1-4-13-9-6-5-8(11-2)7-10(9)12-3/h5-7H,4H2,1,3H3. The molecule has 0 aliphatic rings. The summed E-state index contributed by atoms with van der Waals surface area (Å²) in [4.78, 5) is 3.29. The van der Waals surface area contributed by atoms with Crippen LogP contribution in [0.4, 0.5) is 5.69 Å². The molecular formula is C10H11NO2. The molecular weight excluding hydrogens is 166 g/mol. The van der Waals surface area contributed by atoms with Crippen molar-refractivity contribution in [1.29, 1.82) is 0 Å². The van der Waals surface area contributed by atoms with Gasteiger partial charge >= 0.3 is 0 Å². The van der Waals surface area contributed by atoms with E-state index < -0.39 is 0 Å². The van der Waals surface area contributed by atoms with Crippen LogP contribution in [-0.2, 0) is 0 Å². The third kappa shape index (κ3) is 2.12. The lowest BCUT2D eigenvalue weighted by Crippen LogP contribution is -1.94. The summed E-state index contributed by atoms with van der Waals surface area (Å²) in [6, 6.07) is 5.12. The minimum atomic E-state index is 0.556. The molecule has 0 saturated heterocycles. The molecule has 0 aliphatic carbocycles. The zero-order valence-corrected chi connectivity index (χ0v) is 7.70. The molecule has 0 amide bonds. The maximum atomic E-state index is 6.82. The minimum Gasteiger partial charge on any atom is -0.494 e. The second-order valence-corrected chi connectivity index (χ2v) is 2.38. The molecule has 0 aliphatic heterocycles. The van der Waals surface area contributed by atoms with Crippen molar-refractivity contribution in [2.75, 3.05) is 13.7 Å². The van der Waals surface area contributed by atoms with Crippen LogP contribution in [0, 0.1) is 6.57 Å². The van der Waals surface area contributed by atoms with Crippen LogP contribution in [0.2, 0.25) is 0 Å². The highest BCUT2D eigenvalue weighted by atomic mass is 16.5. The third-order valence-electron chi connectivity index (χ3n) is 1.58. The second-order valence-electron chi connectivity index (χ2n) is 2.38. The van der Waals surface area contributed by atoms with Crippen molar-refractivity contribution < 1.29 is 9.47 Å². The van der Waals surface area contributed by atoms with Crippen molar-refractivity contribution in [3.63, 3.8) is 0 Å². The number of hydrogen-bond donors (Lipinski definition) is 0. The molecule has 0 spiro atoms. The van der Waals surface area contributed by atoms with E-state index in [1.807, 2.05) is 6.92 Å². The quantitative estimate of drug-likeness (QED) is 0.662. The molecule has 0 radical (unpaired) electrons. The SMILES string of the molecule is [C-]#[N+]c1ccc(OCC)c(OC)c1. The van der Waals surface area contributed by atoms with Crippen LogP contribution < -0.4 is 9.47 Å². The van der Waals surface area contributed by atoms with E-state index in [0.29, 0.717) is 23.8 Å². The van der Waals surface area contributed by atoms with E-state index in [1.54, 1.807) is 25.3 Å².